The standard InChI is InChI=1S/C11H11F3O3/c1-6(15)9(16)10(17)7-4-2-3-5-8(7)11(12,13)14/h2-5,9-10,16-17H,1H3/t9-,10+/m1/s1. The lowest BCUT2D eigenvalue weighted by atomic mass is 9.97. The van der Waals surface area contributed by atoms with Crippen LogP contribution >= 0.6 is 0 Å². The third kappa shape index (κ3) is 3.04. The maximum absolute atomic E-state index is 12.6. The van der Waals surface area contributed by atoms with Gasteiger partial charge in [0.2, 0.25) is 0 Å². The number of benzene rings is 1. The summed E-state index contributed by atoms with van der Waals surface area (Å²) in [6.45, 7) is 0.990. The fourth-order valence-electron chi connectivity index (χ4n) is 1.41. The molecule has 0 saturated heterocycles. The smallest absolute Gasteiger partial charge is 0.385 e. The molecule has 0 amide bonds. The Kier molecular flexibility index (Phi) is 3.90. The van der Waals surface area contributed by atoms with Crippen LogP contribution in [0.15, 0.2) is 24.3 Å². The molecule has 1 aromatic carbocycles. The van der Waals surface area contributed by atoms with Crippen LogP contribution in [-0.2, 0) is 11.0 Å². The summed E-state index contributed by atoms with van der Waals surface area (Å²) in [6.07, 6.45) is -8.39. The van der Waals surface area contributed by atoms with Gasteiger partial charge >= 0.3 is 6.18 Å². The van der Waals surface area contributed by atoms with Gasteiger partial charge in [0, 0.05) is 0 Å². The maximum atomic E-state index is 12.6. The van der Waals surface area contributed by atoms with E-state index in [1.807, 2.05) is 0 Å². The van der Waals surface area contributed by atoms with Crippen molar-refractivity contribution in [2.45, 2.75) is 25.3 Å². The molecule has 0 radical (unpaired) electrons. The van der Waals surface area contributed by atoms with E-state index < -0.39 is 35.3 Å². The van der Waals surface area contributed by atoms with Gasteiger partial charge < -0.3 is 10.2 Å². The van der Waals surface area contributed by atoms with E-state index in [1.54, 1.807) is 0 Å². The second-order valence-corrected chi connectivity index (χ2v) is 3.59. The predicted molar refractivity (Wildman–Crippen MR) is 53.1 cm³/mol. The van der Waals surface area contributed by atoms with Crippen molar-refractivity contribution < 1.29 is 28.2 Å². The van der Waals surface area contributed by atoms with Gasteiger partial charge in [-0.25, -0.2) is 0 Å². The van der Waals surface area contributed by atoms with Crippen LogP contribution in [0.25, 0.3) is 0 Å². The summed E-state index contributed by atoms with van der Waals surface area (Å²) in [5, 5.41) is 18.8. The molecule has 0 aromatic heterocycles. The Morgan fingerprint density at radius 3 is 2.24 bits per heavy atom. The summed E-state index contributed by atoms with van der Waals surface area (Å²) in [6, 6.07) is 4.27. The minimum atomic E-state index is -4.64. The number of hydrogen-bond acceptors (Lipinski definition) is 3. The molecule has 3 nitrogen and oxygen atoms in total. The van der Waals surface area contributed by atoms with Crippen molar-refractivity contribution in [1.29, 1.82) is 0 Å². The highest BCUT2D eigenvalue weighted by molar-refractivity contribution is 5.81. The van der Waals surface area contributed by atoms with Crippen LogP contribution in [-0.4, -0.2) is 22.1 Å². The molecular weight excluding hydrogens is 237 g/mol. The average molecular weight is 248 g/mol. The normalized spacial score (nSPS) is 15.4. The Labute approximate surface area is 95.5 Å². The van der Waals surface area contributed by atoms with Gasteiger partial charge in [0.25, 0.3) is 0 Å². The van der Waals surface area contributed by atoms with E-state index >= 15 is 0 Å². The summed E-state index contributed by atoms with van der Waals surface area (Å²) < 4.78 is 37.8. The molecule has 0 spiro atoms. The Balaban J connectivity index is 3.18. The second kappa shape index (κ2) is 4.85. The Hall–Kier alpha value is -1.40. The molecule has 2 N–H and O–H groups in total. The van der Waals surface area contributed by atoms with E-state index in [4.69, 9.17) is 0 Å². The van der Waals surface area contributed by atoms with Crippen LogP contribution < -0.4 is 0 Å². The first-order valence-electron chi connectivity index (χ1n) is 4.78. The molecule has 94 valence electrons. The topological polar surface area (TPSA) is 57.5 Å². The number of carbonyl (C=O) groups excluding carboxylic acids is 1. The predicted octanol–water partition coefficient (Wildman–Crippen LogP) is 1.69. The number of hydrogen-bond donors (Lipinski definition) is 2. The number of halogens is 3. The summed E-state index contributed by atoms with van der Waals surface area (Å²) >= 11 is 0. The lowest BCUT2D eigenvalue weighted by Gasteiger charge is -2.20. The second-order valence-electron chi connectivity index (χ2n) is 3.59. The van der Waals surface area contributed by atoms with Crippen LogP contribution in [0.1, 0.15) is 24.2 Å². The molecule has 0 aliphatic heterocycles. The number of aliphatic hydroxyl groups excluding tert-OH is 2. The van der Waals surface area contributed by atoms with Crippen LogP contribution in [0.3, 0.4) is 0 Å². The van der Waals surface area contributed by atoms with Crippen LogP contribution in [0.5, 0.6) is 0 Å². The van der Waals surface area contributed by atoms with Crippen LogP contribution in [0, 0.1) is 0 Å². The number of Topliss-reactive ketones (excluding diaryl/α,β-unsaturated/α-hetero) is 1. The molecule has 2 atom stereocenters. The van der Waals surface area contributed by atoms with Gasteiger partial charge in [0.15, 0.2) is 5.78 Å². The monoisotopic (exact) mass is 248 g/mol. The highest BCUT2D eigenvalue weighted by Crippen LogP contribution is 2.35. The summed E-state index contributed by atoms with van der Waals surface area (Å²) in [7, 11) is 0. The number of aliphatic hydroxyl groups is 2. The third-order valence-electron chi connectivity index (χ3n) is 2.30. The van der Waals surface area contributed by atoms with E-state index in [9.17, 15) is 28.2 Å². The zero-order valence-electron chi connectivity index (χ0n) is 8.90. The van der Waals surface area contributed by atoms with E-state index in [0.717, 1.165) is 19.1 Å². The lowest BCUT2D eigenvalue weighted by molar-refractivity contribution is -0.142. The van der Waals surface area contributed by atoms with Gasteiger partial charge in [0.05, 0.1) is 5.56 Å². The highest BCUT2D eigenvalue weighted by Gasteiger charge is 2.36. The number of rotatable bonds is 3. The number of alkyl halides is 3. The maximum Gasteiger partial charge on any atom is 0.416 e. The minimum absolute atomic E-state index is 0.511. The van der Waals surface area contributed by atoms with E-state index in [0.29, 0.717) is 0 Å². The lowest BCUT2D eigenvalue weighted by Crippen LogP contribution is -2.27. The van der Waals surface area contributed by atoms with Crippen molar-refractivity contribution >= 4 is 5.78 Å². The fraction of sp³-hybridized carbons (Fsp3) is 0.364. The van der Waals surface area contributed by atoms with E-state index in [1.165, 1.54) is 12.1 Å². The molecule has 1 rings (SSSR count). The minimum Gasteiger partial charge on any atom is -0.385 e. The Morgan fingerprint density at radius 1 is 1.24 bits per heavy atom. The molecule has 0 saturated carbocycles. The van der Waals surface area contributed by atoms with Crippen molar-refractivity contribution in [2.75, 3.05) is 0 Å². The molecule has 1 aromatic rings. The van der Waals surface area contributed by atoms with Crippen LogP contribution in [0.4, 0.5) is 13.2 Å². The molecular formula is C11H11F3O3. The SMILES string of the molecule is CC(=O)[C@@H](O)[C@@H](O)c1ccccc1C(F)(F)F. The van der Waals surface area contributed by atoms with Gasteiger partial charge in [-0.05, 0) is 18.6 Å². The molecule has 0 heterocycles. The molecule has 0 aliphatic carbocycles. The zero-order valence-corrected chi connectivity index (χ0v) is 8.90. The largest absolute Gasteiger partial charge is 0.416 e. The molecule has 0 bridgehead atoms. The summed E-state index contributed by atoms with van der Waals surface area (Å²) in [5.41, 5.74) is -1.57. The summed E-state index contributed by atoms with van der Waals surface area (Å²) in [4.78, 5) is 10.8. The number of ketones is 1. The van der Waals surface area contributed by atoms with Crippen molar-refractivity contribution in [3.63, 3.8) is 0 Å². The van der Waals surface area contributed by atoms with Crippen LogP contribution in [0.2, 0.25) is 0 Å². The molecule has 0 aliphatic rings. The van der Waals surface area contributed by atoms with Gasteiger partial charge in [-0.15, -0.1) is 0 Å². The van der Waals surface area contributed by atoms with Gasteiger partial charge in [-0.1, -0.05) is 18.2 Å². The molecule has 0 fully saturated rings. The quantitative estimate of drug-likeness (QED) is 0.855. The Bertz CT molecular complexity index is 415. The van der Waals surface area contributed by atoms with E-state index in [-0.39, 0.29) is 0 Å². The fourth-order valence-corrected chi connectivity index (χ4v) is 1.41. The molecule has 0 unspecified atom stereocenters. The average Bonchev–Trinajstić information content (AvgIpc) is 2.25. The molecule has 6 heteroatoms. The first-order valence-corrected chi connectivity index (χ1v) is 4.78. The van der Waals surface area contributed by atoms with Gasteiger partial charge in [-0.2, -0.15) is 13.2 Å². The third-order valence-corrected chi connectivity index (χ3v) is 2.30. The molecule has 17 heavy (non-hydrogen) atoms. The first kappa shape index (κ1) is 13.7. The highest BCUT2D eigenvalue weighted by atomic mass is 19.4. The number of carbonyl (C=O) groups is 1. The van der Waals surface area contributed by atoms with Crippen molar-refractivity contribution in [1.82, 2.24) is 0 Å². The van der Waals surface area contributed by atoms with Crippen molar-refractivity contribution in [3.8, 4) is 0 Å². The van der Waals surface area contributed by atoms with Gasteiger partial charge in [0.1, 0.15) is 12.2 Å². The zero-order chi connectivity index (χ0) is 13.2. The van der Waals surface area contributed by atoms with Crippen molar-refractivity contribution in [2.24, 2.45) is 0 Å². The first-order chi connectivity index (χ1) is 7.75. The summed E-state index contributed by atoms with van der Waals surface area (Å²) in [5.74, 6) is -0.797. The van der Waals surface area contributed by atoms with E-state index in [2.05, 4.69) is 0 Å². The van der Waals surface area contributed by atoms with Gasteiger partial charge in [-0.3, -0.25) is 4.79 Å². The Morgan fingerprint density at radius 2 is 1.76 bits per heavy atom. The van der Waals surface area contributed by atoms with Crippen molar-refractivity contribution in [3.05, 3.63) is 35.4 Å².